The molecule has 71 heavy (non-hydrogen) atoms. The molecule has 4 aromatic carbocycles. The average molecular weight is 1080 g/mol. The Balaban J connectivity index is 0.000000366. The zero-order chi connectivity index (χ0) is 51.1. The average Bonchev–Trinajstić information content (AvgIpc) is 3.91. The van der Waals surface area contributed by atoms with Crippen LogP contribution in [0.5, 0.6) is 0 Å². The monoisotopic (exact) mass is 1080 g/mol. The maximum absolute atomic E-state index is 13.3. The highest BCUT2D eigenvalue weighted by molar-refractivity contribution is 7.90. The molecule has 0 spiro atoms. The highest BCUT2D eigenvalue weighted by Gasteiger charge is 2.28. The highest BCUT2D eigenvalue weighted by Crippen LogP contribution is 2.39. The summed E-state index contributed by atoms with van der Waals surface area (Å²) < 4.78 is 58.1. The molecular weight excluding hydrogens is 1010 g/mol. The van der Waals surface area contributed by atoms with Crippen molar-refractivity contribution in [2.24, 2.45) is 0 Å². The maximum Gasteiger partial charge on any atom is 0.241 e. The van der Waals surface area contributed by atoms with Crippen LogP contribution in [-0.2, 0) is 24.8 Å². The van der Waals surface area contributed by atoms with Gasteiger partial charge in [0.15, 0.2) is 10.2 Å². The molecule has 9 N–H and O–H groups in total. The van der Waals surface area contributed by atoms with Gasteiger partial charge in [0, 0.05) is 87.5 Å². The quantitative estimate of drug-likeness (QED) is 0.0398. The van der Waals surface area contributed by atoms with Crippen molar-refractivity contribution in [3.8, 4) is 42.0 Å². The molecule has 0 atom stereocenters. The highest BCUT2D eigenvalue weighted by atomic mass is 32.2. The summed E-state index contributed by atoms with van der Waals surface area (Å²) in [5, 5.41) is 17.9. The van der Waals surface area contributed by atoms with Crippen molar-refractivity contribution >= 4 is 106 Å². The van der Waals surface area contributed by atoms with Crippen LogP contribution in [0.15, 0.2) is 107 Å². The number of hydrogen-bond donors (Lipinski definition) is 8. The first kappa shape index (κ1) is 59.9. The number of thiazole rings is 2. The van der Waals surface area contributed by atoms with Crippen LogP contribution < -0.4 is 41.8 Å². The Morgan fingerprint density at radius 2 is 0.944 bits per heavy atom. The van der Waals surface area contributed by atoms with E-state index in [1.54, 1.807) is 78.2 Å². The summed E-state index contributed by atoms with van der Waals surface area (Å²) in [6.07, 6.45) is 3.35. The van der Waals surface area contributed by atoms with Crippen LogP contribution in [0.25, 0.3) is 42.0 Å². The van der Waals surface area contributed by atoms with Crippen LogP contribution in [-0.4, -0.2) is 66.1 Å². The van der Waals surface area contributed by atoms with E-state index in [1.165, 1.54) is 41.7 Å². The number of benzene rings is 4. The molecule has 1 amide bonds. The van der Waals surface area contributed by atoms with Gasteiger partial charge in [0.1, 0.15) is 10.0 Å². The third kappa shape index (κ3) is 18.0. The van der Waals surface area contributed by atoms with Crippen LogP contribution in [0.4, 0.5) is 22.7 Å². The summed E-state index contributed by atoms with van der Waals surface area (Å²) in [5.74, 6) is -0.284. The number of amides is 1. The Hall–Kier alpha value is -5.39. The summed E-state index contributed by atoms with van der Waals surface area (Å²) in [6.45, 7) is 20.2. The Kier molecular flexibility index (Phi) is 21.0. The fraction of sp³-hybridized carbons (Fsp3) is 0.340. The van der Waals surface area contributed by atoms with Gasteiger partial charge in [0.2, 0.25) is 26.0 Å². The first-order chi connectivity index (χ1) is 32.1. The number of rotatable bonds is 13. The molecule has 6 rings (SSSR count). The van der Waals surface area contributed by atoms with Crippen LogP contribution in [0, 0.1) is 0 Å². The molecule has 2 heterocycles. The number of carbonyl (C=O) groups is 1. The molecule has 0 aliphatic carbocycles. The summed E-state index contributed by atoms with van der Waals surface area (Å²) in [7, 11) is -7.66. The summed E-state index contributed by atoms with van der Waals surface area (Å²) in [5.41, 5.74) is 10.0. The second kappa shape index (κ2) is 24.8. The Morgan fingerprint density at radius 3 is 1.31 bits per heavy atom. The lowest BCUT2D eigenvalue weighted by Gasteiger charge is -2.22. The van der Waals surface area contributed by atoms with E-state index in [9.17, 15) is 21.6 Å². The lowest BCUT2D eigenvalue weighted by Crippen LogP contribution is -2.40. The number of aromatic nitrogens is 2. The third-order valence-corrected chi connectivity index (χ3v) is 15.1. The van der Waals surface area contributed by atoms with E-state index in [2.05, 4.69) is 46.0 Å². The van der Waals surface area contributed by atoms with Crippen molar-refractivity contribution in [3.05, 3.63) is 97.3 Å². The van der Waals surface area contributed by atoms with Crippen molar-refractivity contribution in [3.63, 3.8) is 0 Å². The van der Waals surface area contributed by atoms with Gasteiger partial charge >= 0.3 is 0 Å². The lowest BCUT2D eigenvalue weighted by atomic mass is 10.1. The molecule has 0 unspecified atom stereocenters. The van der Waals surface area contributed by atoms with E-state index in [1.807, 2.05) is 76.2 Å². The van der Waals surface area contributed by atoms with E-state index < -0.39 is 31.1 Å². The number of nitrogens with zero attached hydrogens (tertiary/aromatic N) is 2. The topological polar surface area (TPSA) is 221 Å². The fourth-order valence-electron chi connectivity index (χ4n) is 6.43. The van der Waals surface area contributed by atoms with Gasteiger partial charge in [-0.3, -0.25) is 4.79 Å². The number of sulfonamides is 2. The molecule has 384 valence electrons. The van der Waals surface area contributed by atoms with E-state index in [-0.39, 0.29) is 42.6 Å². The van der Waals surface area contributed by atoms with Crippen molar-refractivity contribution < 1.29 is 21.6 Å². The first-order valence-electron chi connectivity index (χ1n) is 21.7. The first-order valence-corrected chi connectivity index (χ1v) is 27.2. The zero-order valence-corrected chi connectivity index (χ0v) is 45.3. The van der Waals surface area contributed by atoms with E-state index in [0.717, 1.165) is 37.4 Å². The van der Waals surface area contributed by atoms with Gasteiger partial charge in [-0.25, -0.2) is 36.2 Å². The summed E-state index contributed by atoms with van der Waals surface area (Å²) in [6, 6.07) is 25.7. The maximum atomic E-state index is 13.3. The number of nitrogens with one attached hydrogen (secondary N) is 7. The van der Waals surface area contributed by atoms with Gasteiger partial charge < -0.3 is 32.3 Å². The predicted molar refractivity (Wildman–Crippen MR) is 307 cm³/mol. The SMILES string of the molecule is C.C.CC(=O)Nc1ccc(-c2cnc(-c3ccc(NC(=S)NC(C)C)cc3)s2)c(S(=O)(=O)NC(C)(C)C)c1.CC(C)NC(=S)Nc1ccc(-c2ncc(-c3ccc(N)cc3S(=O)(=O)NC(C)(C)C)s2)cc1. The minimum atomic E-state index is -3.89. The van der Waals surface area contributed by atoms with Gasteiger partial charge in [-0.2, -0.15) is 0 Å². The Labute approximate surface area is 439 Å². The molecule has 0 aliphatic rings. The number of thiocarbonyl (C=S) groups is 2. The Morgan fingerprint density at radius 1 is 0.577 bits per heavy atom. The van der Waals surface area contributed by atoms with Gasteiger partial charge in [-0.15, -0.1) is 22.7 Å². The van der Waals surface area contributed by atoms with Crippen molar-refractivity contribution in [1.82, 2.24) is 30.0 Å². The van der Waals surface area contributed by atoms with Gasteiger partial charge in [-0.05, 0) is 166 Å². The molecule has 21 heteroatoms. The number of nitrogens with two attached hydrogens (primary N) is 1. The molecule has 0 saturated carbocycles. The molecule has 6 aromatic rings. The number of nitrogen functional groups attached to an aromatic ring is 1. The zero-order valence-electron chi connectivity index (χ0n) is 40.4. The van der Waals surface area contributed by atoms with Crippen molar-refractivity contribution in [1.29, 1.82) is 0 Å². The van der Waals surface area contributed by atoms with Crippen molar-refractivity contribution in [2.75, 3.05) is 21.7 Å². The standard InChI is InChI=1S/C25H31N5O3S3.C23H29N5O2S3.2CH4/c1-15(2)27-24(34)29-18-9-7-17(8-10-18)23-26-14-21(35-23)20-12-11-19(28-16(3)31)13-22(20)36(32,33)30-25(4,5)6;1-14(2)26-22(31)27-17-9-6-15(7-10-17)21-25-13-19(32-21)18-11-8-16(24)12-20(18)33(29,30)28-23(3,4)5;;/h7-15,30H,1-6H3,(H,28,31)(H2,27,29,34);6-14,28H,24H2,1-5H3,(H2,26,27,31);2*1H4. The van der Waals surface area contributed by atoms with Crippen LogP contribution in [0.1, 0.15) is 91.0 Å². The second-order valence-electron chi connectivity index (χ2n) is 18.6. The van der Waals surface area contributed by atoms with E-state index >= 15 is 0 Å². The van der Waals surface area contributed by atoms with Crippen LogP contribution in [0.3, 0.4) is 0 Å². The lowest BCUT2D eigenvalue weighted by molar-refractivity contribution is -0.114. The van der Waals surface area contributed by atoms with E-state index in [4.69, 9.17) is 30.2 Å². The number of anilines is 4. The minimum absolute atomic E-state index is 0. The molecular formula is C50H68N10O5S6. The molecule has 2 aromatic heterocycles. The van der Waals surface area contributed by atoms with E-state index in [0.29, 0.717) is 37.6 Å². The molecule has 15 nitrogen and oxygen atoms in total. The van der Waals surface area contributed by atoms with Crippen LogP contribution >= 0.6 is 47.1 Å². The van der Waals surface area contributed by atoms with Gasteiger partial charge in [0.05, 0.1) is 19.5 Å². The molecule has 0 aliphatic heterocycles. The van der Waals surface area contributed by atoms with Gasteiger partial charge in [0.25, 0.3) is 0 Å². The van der Waals surface area contributed by atoms with Crippen LogP contribution in [0.2, 0.25) is 0 Å². The third-order valence-electron chi connectivity index (χ3n) is 8.93. The number of carbonyl (C=O) groups excluding carboxylic acids is 1. The smallest absolute Gasteiger partial charge is 0.241 e. The molecule has 0 saturated heterocycles. The predicted octanol–water partition coefficient (Wildman–Crippen LogP) is 11.3. The number of hydrogen-bond acceptors (Lipinski definition) is 12. The second-order valence-corrected chi connectivity index (χ2v) is 24.8. The summed E-state index contributed by atoms with van der Waals surface area (Å²) >= 11 is 13.4. The molecule has 0 bridgehead atoms. The molecule has 0 radical (unpaired) electrons. The molecule has 0 fully saturated rings. The minimum Gasteiger partial charge on any atom is -0.399 e. The summed E-state index contributed by atoms with van der Waals surface area (Å²) in [4.78, 5) is 22.3. The normalized spacial score (nSPS) is 11.6. The largest absolute Gasteiger partial charge is 0.399 e. The Bertz CT molecular complexity index is 3010. The fourth-order valence-corrected chi connectivity index (χ4v) is 12.5. The van der Waals surface area contributed by atoms with Crippen molar-refractivity contribution in [2.45, 2.75) is 124 Å². The van der Waals surface area contributed by atoms with Gasteiger partial charge in [-0.1, -0.05) is 27.0 Å².